The third kappa shape index (κ3) is 5.13. The van der Waals surface area contributed by atoms with Gasteiger partial charge in [-0.3, -0.25) is 4.79 Å². The first-order chi connectivity index (χ1) is 11.1. The van der Waals surface area contributed by atoms with Crippen LogP contribution in [0.4, 0.5) is 10.1 Å². The van der Waals surface area contributed by atoms with Gasteiger partial charge in [0.15, 0.2) is 0 Å². The predicted molar refractivity (Wildman–Crippen MR) is 87.0 cm³/mol. The Morgan fingerprint density at radius 3 is 2.43 bits per heavy atom. The second-order valence-corrected chi connectivity index (χ2v) is 5.07. The number of nitrogens with one attached hydrogen (secondary N) is 2. The normalized spacial score (nSPS) is 10.7. The van der Waals surface area contributed by atoms with Crippen LogP contribution >= 0.6 is 11.6 Å². The first-order valence-electron chi connectivity index (χ1n) is 6.73. The largest absolute Gasteiger partial charge is 0.386 e. The average Bonchev–Trinajstić information content (AvgIpc) is 2.55. The smallest absolute Gasteiger partial charge is 0.267 e. The summed E-state index contributed by atoms with van der Waals surface area (Å²) in [5, 5.41) is 15.1. The second kappa shape index (κ2) is 7.97. The van der Waals surface area contributed by atoms with Gasteiger partial charge in [0.25, 0.3) is 5.91 Å². The average molecular weight is 330 g/mol. The number of hydrogen-bond acceptors (Lipinski definition) is 3. The highest BCUT2D eigenvalue weighted by molar-refractivity contribution is 6.30. The third-order valence-electron chi connectivity index (χ3n) is 2.93. The molecular weight excluding hydrogens is 317 g/mol. The SMILES string of the molecule is N#C/C(=C/NCc1ccc(Cl)cc1)C(=O)Nc1ccc(F)cc1. The molecule has 2 rings (SSSR count). The molecule has 1 amide bonds. The molecule has 0 aliphatic rings. The molecule has 4 nitrogen and oxygen atoms in total. The monoisotopic (exact) mass is 329 g/mol. The van der Waals surface area contributed by atoms with E-state index in [0.717, 1.165) is 5.56 Å². The van der Waals surface area contributed by atoms with Gasteiger partial charge in [-0.05, 0) is 42.0 Å². The van der Waals surface area contributed by atoms with Crippen molar-refractivity contribution in [2.75, 3.05) is 5.32 Å². The van der Waals surface area contributed by atoms with Gasteiger partial charge in [-0.25, -0.2) is 4.39 Å². The molecule has 0 atom stereocenters. The van der Waals surface area contributed by atoms with Crippen LogP contribution < -0.4 is 10.6 Å². The molecule has 0 fully saturated rings. The molecule has 0 unspecified atom stereocenters. The van der Waals surface area contributed by atoms with Gasteiger partial charge in [-0.15, -0.1) is 0 Å². The molecule has 0 aliphatic carbocycles. The van der Waals surface area contributed by atoms with Crippen LogP contribution in [0.2, 0.25) is 5.02 Å². The number of amides is 1. The Kier molecular flexibility index (Phi) is 5.73. The number of halogens is 2. The van der Waals surface area contributed by atoms with Gasteiger partial charge < -0.3 is 10.6 Å². The lowest BCUT2D eigenvalue weighted by Gasteiger charge is -2.05. The summed E-state index contributed by atoms with van der Waals surface area (Å²) >= 11 is 5.80. The maximum atomic E-state index is 12.8. The van der Waals surface area contributed by atoms with Crippen LogP contribution in [0, 0.1) is 17.1 Å². The standard InChI is InChI=1S/C17H13ClFN3O/c18-14-3-1-12(2-4-14)10-21-11-13(9-20)17(23)22-16-7-5-15(19)6-8-16/h1-8,11,21H,10H2,(H,22,23)/b13-11-. The topological polar surface area (TPSA) is 64.9 Å². The summed E-state index contributed by atoms with van der Waals surface area (Å²) in [6, 6.07) is 14.3. The first-order valence-corrected chi connectivity index (χ1v) is 7.11. The Labute approximate surface area is 138 Å². The minimum atomic E-state index is -0.567. The quantitative estimate of drug-likeness (QED) is 0.650. The third-order valence-corrected chi connectivity index (χ3v) is 3.18. The van der Waals surface area contributed by atoms with E-state index < -0.39 is 11.7 Å². The van der Waals surface area contributed by atoms with Gasteiger partial charge in [0.1, 0.15) is 17.5 Å². The van der Waals surface area contributed by atoms with E-state index in [2.05, 4.69) is 10.6 Å². The van der Waals surface area contributed by atoms with Crippen molar-refractivity contribution in [3.63, 3.8) is 0 Å². The van der Waals surface area contributed by atoms with Crippen LogP contribution in [0.5, 0.6) is 0 Å². The van der Waals surface area contributed by atoms with Gasteiger partial charge in [-0.1, -0.05) is 23.7 Å². The van der Waals surface area contributed by atoms with Crippen LogP contribution in [0.15, 0.2) is 60.3 Å². The summed E-state index contributed by atoms with van der Waals surface area (Å²) in [4.78, 5) is 12.0. The van der Waals surface area contributed by atoms with Crippen molar-refractivity contribution in [3.05, 3.63) is 76.7 Å². The van der Waals surface area contributed by atoms with E-state index in [1.54, 1.807) is 12.1 Å². The van der Waals surface area contributed by atoms with Crippen molar-refractivity contribution in [1.29, 1.82) is 5.26 Å². The Bertz CT molecular complexity index is 749. The zero-order valence-corrected chi connectivity index (χ0v) is 12.8. The van der Waals surface area contributed by atoms with Crippen molar-refractivity contribution in [3.8, 4) is 6.07 Å². The van der Waals surface area contributed by atoms with Crippen LogP contribution in [0.25, 0.3) is 0 Å². The molecular formula is C17H13ClFN3O. The Morgan fingerprint density at radius 2 is 1.83 bits per heavy atom. The lowest BCUT2D eigenvalue weighted by Crippen LogP contribution is -2.16. The molecule has 2 aromatic rings. The maximum absolute atomic E-state index is 12.8. The molecule has 0 heterocycles. The number of hydrogen-bond donors (Lipinski definition) is 2. The van der Waals surface area contributed by atoms with E-state index >= 15 is 0 Å². The molecule has 2 aromatic carbocycles. The molecule has 0 radical (unpaired) electrons. The van der Waals surface area contributed by atoms with Crippen molar-refractivity contribution < 1.29 is 9.18 Å². The van der Waals surface area contributed by atoms with Crippen molar-refractivity contribution >= 4 is 23.2 Å². The molecule has 2 N–H and O–H groups in total. The number of rotatable bonds is 5. The summed E-state index contributed by atoms with van der Waals surface area (Å²) in [6.07, 6.45) is 1.34. The molecule has 23 heavy (non-hydrogen) atoms. The second-order valence-electron chi connectivity index (χ2n) is 4.64. The van der Waals surface area contributed by atoms with Gasteiger partial charge in [0, 0.05) is 23.5 Å². The summed E-state index contributed by atoms with van der Waals surface area (Å²) in [6.45, 7) is 0.451. The molecule has 0 aromatic heterocycles. The molecule has 0 spiro atoms. The van der Waals surface area contributed by atoms with Crippen molar-refractivity contribution in [2.24, 2.45) is 0 Å². The number of nitriles is 1. The van der Waals surface area contributed by atoms with Crippen LogP contribution in [-0.2, 0) is 11.3 Å². The molecule has 0 saturated carbocycles. The summed E-state index contributed by atoms with van der Waals surface area (Å²) in [5.41, 5.74) is 1.29. The molecule has 6 heteroatoms. The number of anilines is 1. The summed E-state index contributed by atoms with van der Waals surface area (Å²) < 4.78 is 12.8. The van der Waals surface area contributed by atoms with E-state index in [1.165, 1.54) is 30.5 Å². The molecule has 116 valence electrons. The minimum Gasteiger partial charge on any atom is -0.386 e. The van der Waals surface area contributed by atoms with Gasteiger partial charge in [-0.2, -0.15) is 5.26 Å². The zero-order valence-electron chi connectivity index (χ0n) is 12.0. The number of nitrogens with zero attached hydrogens (tertiary/aromatic N) is 1. The minimum absolute atomic E-state index is 0.0803. The summed E-state index contributed by atoms with van der Waals surface area (Å²) in [7, 11) is 0. The van der Waals surface area contributed by atoms with E-state index in [4.69, 9.17) is 16.9 Å². The first kappa shape index (κ1) is 16.5. The number of carbonyl (C=O) groups is 1. The Morgan fingerprint density at radius 1 is 1.17 bits per heavy atom. The zero-order chi connectivity index (χ0) is 16.7. The Balaban J connectivity index is 1.95. The highest BCUT2D eigenvalue weighted by Crippen LogP contribution is 2.10. The predicted octanol–water partition coefficient (Wildman–Crippen LogP) is 3.61. The fourth-order valence-electron chi connectivity index (χ4n) is 1.75. The van der Waals surface area contributed by atoms with Crippen molar-refractivity contribution in [2.45, 2.75) is 6.54 Å². The highest BCUT2D eigenvalue weighted by Gasteiger charge is 2.09. The summed E-state index contributed by atoms with van der Waals surface area (Å²) in [5.74, 6) is -0.966. The highest BCUT2D eigenvalue weighted by atomic mass is 35.5. The fourth-order valence-corrected chi connectivity index (χ4v) is 1.88. The number of benzene rings is 2. The lowest BCUT2D eigenvalue weighted by atomic mass is 10.2. The van der Waals surface area contributed by atoms with Crippen LogP contribution in [-0.4, -0.2) is 5.91 Å². The molecule has 0 aliphatic heterocycles. The number of carbonyl (C=O) groups excluding carboxylic acids is 1. The van der Waals surface area contributed by atoms with Gasteiger partial charge in [0.05, 0.1) is 0 Å². The molecule has 0 saturated heterocycles. The van der Waals surface area contributed by atoms with Crippen LogP contribution in [0.3, 0.4) is 0 Å². The molecule has 0 bridgehead atoms. The fraction of sp³-hybridized carbons (Fsp3) is 0.0588. The van der Waals surface area contributed by atoms with E-state index in [1.807, 2.05) is 18.2 Å². The lowest BCUT2D eigenvalue weighted by molar-refractivity contribution is -0.112. The van der Waals surface area contributed by atoms with E-state index in [-0.39, 0.29) is 5.57 Å². The van der Waals surface area contributed by atoms with Crippen molar-refractivity contribution in [1.82, 2.24) is 5.32 Å². The van der Waals surface area contributed by atoms with E-state index in [9.17, 15) is 9.18 Å². The Hall–Kier alpha value is -2.84. The van der Waals surface area contributed by atoms with E-state index in [0.29, 0.717) is 17.3 Å². The van der Waals surface area contributed by atoms with Crippen LogP contribution in [0.1, 0.15) is 5.56 Å². The van der Waals surface area contributed by atoms with Gasteiger partial charge in [0.2, 0.25) is 0 Å². The maximum Gasteiger partial charge on any atom is 0.267 e. The van der Waals surface area contributed by atoms with Gasteiger partial charge >= 0.3 is 0 Å².